The van der Waals surface area contributed by atoms with E-state index in [9.17, 15) is 4.79 Å². The summed E-state index contributed by atoms with van der Waals surface area (Å²) in [6.45, 7) is 4.69. The number of ether oxygens (including phenoxy) is 2. The molecule has 0 spiro atoms. The molecule has 5 nitrogen and oxygen atoms in total. The quantitative estimate of drug-likeness (QED) is 0.352. The molecule has 0 heterocycles. The van der Waals surface area contributed by atoms with Crippen molar-refractivity contribution in [1.82, 2.24) is 0 Å². The number of thioether (sulfide) groups is 1. The first kappa shape index (κ1) is 25.4. The topological polar surface area (TPSA) is 64.6 Å². The van der Waals surface area contributed by atoms with Gasteiger partial charge in [0.25, 0.3) is 0 Å². The van der Waals surface area contributed by atoms with Crippen molar-refractivity contribution in [3.05, 3.63) is 89.0 Å². The van der Waals surface area contributed by atoms with E-state index in [1.54, 1.807) is 11.8 Å². The predicted molar refractivity (Wildman–Crippen MR) is 138 cm³/mol. The number of rotatable bonds is 8. The maximum absolute atomic E-state index is 12.9. The lowest BCUT2D eigenvalue weighted by Crippen LogP contribution is -2.48. The lowest BCUT2D eigenvalue weighted by Gasteiger charge is -2.29. The van der Waals surface area contributed by atoms with Crippen LogP contribution in [0.2, 0.25) is 0 Å². The van der Waals surface area contributed by atoms with Crippen LogP contribution in [0.4, 0.5) is 5.69 Å². The average molecular weight is 478 g/mol. The van der Waals surface area contributed by atoms with Gasteiger partial charge < -0.3 is 19.6 Å². The second-order valence-electron chi connectivity index (χ2n) is 8.27. The van der Waals surface area contributed by atoms with Gasteiger partial charge in [-0.3, -0.25) is 0 Å². The van der Waals surface area contributed by atoms with Crippen LogP contribution in [0.5, 0.6) is 5.75 Å². The summed E-state index contributed by atoms with van der Waals surface area (Å²) < 4.78 is 11.4. The highest BCUT2D eigenvalue weighted by atomic mass is 32.2. The molecule has 6 heteroatoms. The summed E-state index contributed by atoms with van der Waals surface area (Å²) in [5.41, 5.74) is 4.92. The maximum atomic E-state index is 12.9. The van der Waals surface area contributed by atoms with Gasteiger partial charge in [-0.05, 0) is 42.0 Å². The molecule has 0 aliphatic heterocycles. The molecular formula is C28H31NO4S. The Balaban J connectivity index is 0.00000158. The van der Waals surface area contributed by atoms with Crippen LogP contribution >= 0.6 is 11.8 Å². The minimum Gasteiger partial charge on any atom is -0.492 e. The van der Waals surface area contributed by atoms with E-state index in [0.717, 1.165) is 22.8 Å². The van der Waals surface area contributed by atoms with Gasteiger partial charge in [0, 0.05) is 35.9 Å². The molecule has 0 amide bonds. The number of benzene rings is 3. The number of carbonyl (C=O) groups excluding carboxylic acids is 2. The molecule has 0 saturated carbocycles. The molecule has 3 aromatic rings. The van der Waals surface area contributed by atoms with Gasteiger partial charge in [-0.15, -0.1) is 11.8 Å². The van der Waals surface area contributed by atoms with Crippen molar-refractivity contribution in [1.29, 1.82) is 0 Å². The summed E-state index contributed by atoms with van der Waals surface area (Å²) in [6, 6.07) is 22.7. The standard InChI is InChI=1S/C27H29NO3S.CH2O/c1-19-7-6-8-20(15-19)13-14-31-24-16-23(11-12-25(24)32-3)28-27(26(29)30-2)17-21-9-4-5-10-22(21)18-27;1-2/h4-12,15-16,28H,13-14,17-18H2,1-3H3;1H2. The third kappa shape index (κ3) is 5.81. The Labute approximate surface area is 205 Å². The third-order valence-corrected chi connectivity index (χ3v) is 6.73. The van der Waals surface area contributed by atoms with E-state index < -0.39 is 5.54 Å². The van der Waals surface area contributed by atoms with Crippen molar-refractivity contribution < 1.29 is 19.1 Å². The van der Waals surface area contributed by atoms with Crippen LogP contribution in [0.25, 0.3) is 0 Å². The van der Waals surface area contributed by atoms with Gasteiger partial charge in [-0.1, -0.05) is 54.1 Å². The molecule has 0 saturated heterocycles. The van der Waals surface area contributed by atoms with E-state index in [-0.39, 0.29) is 5.97 Å². The first-order valence-corrected chi connectivity index (χ1v) is 12.3. The molecule has 1 N–H and O–H groups in total. The molecule has 0 unspecified atom stereocenters. The number of esters is 1. The number of aryl methyl sites for hydroxylation is 1. The Morgan fingerprint density at radius 2 is 1.74 bits per heavy atom. The Kier molecular flexibility index (Phi) is 8.77. The van der Waals surface area contributed by atoms with E-state index in [4.69, 9.17) is 14.3 Å². The van der Waals surface area contributed by atoms with Crippen molar-refractivity contribution in [2.45, 2.75) is 36.6 Å². The molecule has 0 atom stereocenters. The van der Waals surface area contributed by atoms with Crippen LogP contribution in [0.3, 0.4) is 0 Å². The average Bonchev–Trinajstić information content (AvgIpc) is 3.24. The van der Waals surface area contributed by atoms with Crippen molar-refractivity contribution >= 4 is 30.2 Å². The number of hydrogen-bond donors (Lipinski definition) is 1. The van der Waals surface area contributed by atoms with Gasteiger partial charge >= 0.3 is 5.97 Å². The van der Waals surface area contributed by atoms with Crippen LogP contribution < -0.4 is 10.1 Å². The monoisotopic (exact) mass is 477 g/mol. The van der Waals surface area contributed by atoms with E-state index in [1.165, 1.54) is 29.4 Å². The summed E-state index contributed by atoms with van der Waals surface area (Å²) in [4.78, 5) is 21.9. The van der Waals surface area contributed by atoms with Crippen LogP contribution in [0.1, 0.15) is 22.3 Å². The molecule has 0 bridgehead atoms. The van der Waals surface area contributed by atoms with Crippen LogP contribution in [0, 0.1) is 6.92 Å². The van der Waals surface area contributed by atoms with Gasteiger partial charge in [-0.2, -0.15) is 0 Å². The highest BCUT2D eigenvalue weighted by Gasteiger charge is 2.45. The molecule has 0 aromatic heterocycles. The molecule has 178 valence electrons. The normalized spacial score (nSPS) is 13.3. The Bertz CT molecular complexity index is 1110. The Morgan fingerprint density at radius 1 is 1.03 bits per heavy atom. The number of nitrogens with one attached hydrogen (secondary N) is 1. The minimum atomic E-state index is -0.807. The zero-order valence-corrected chi connectivity index (χ0v) is 20.7. The number of carbonyl (C=O) groups is 2. The zero-order valence-electron chi connectivity index (χ0n) is 19.9. The third-order valence-electron chi connectivity index (χ3n) is 5.96. The SMILES string of the molecule is C=O.COC(=O)C1(Nc2ccc(SC)c(OCCc3cccc(C)c3)c2)Cc2ccccc2C1. The van der Waals surface area contributed by atoms with Crippen LogP contribution in [-0.4, -0.2) is 38.3 Å². The van der Waals surface area contributed by atoms with Gasteiger partial charge in [0.2, 0.25) is 0 Å². The first-order chi connectivity index (χ1) is 16.5. The van der Waals surface area contributed by atoms with Crippen molar-refractivity contribution in [2.24, 2.45) is 0 Å². The molecule has 0 radical (unpaired) electrons. The molecule has 0 fully saturated rings. The van der Waals surface area contributed by atoms with Crippen molar-refractivity contribution in [3.8, 4) is 5.75 Å². The molecule has 34 heavy (non-hydrogen) atoms. The second kappa shape index (κ2) is 11.7. The van der Waals surface area contributed by atoms with Crippen LogP contribution in [0.15, 0.2) is 71.6 Å². The van der Waals surface area contributed by atoms with E-state index >= 15 is 0 Å². The van der Waals surface area contributed by atoms with E-state index in [1.807, 2.05) is 43.4 Å². The molecule has 1 aliphatic carbocycles. The summed E-state index contributed by atoms with van der Waals surface area (Å²) in [6.07, 6.45) is 4.08. The first-order valence-electron chi connectivity index (χ1n) is 11.1. The summed E-state index contributed by atoms with van der Waals surface area (Å²) >= 11 is 1.65. The second-order valence-corrected chi connectivity index (χ2v) is 9.12. The highest BCUT2D eigenvalue weighted by Crippen LogP contribution is 2.37. The summed E-state index contributed by atoms with van der Waals surface area (Å²) in [7, 11) is 1.45. The van der Waals surface area contributed by atoms with Crippen molar-refractivity contribution in [3.63, 3.8) is 0 Å². The van der Waals surface area contributed by atoms with Gasteiger partial charge in [-0.25, -0.2) is 4.79 Å². The van der Waals surface area contributed by atoms with Gasteiger partial charge in [0.1, 0.15) is 18.1 Å². The molecular weight excluding hydrogens is 446 g/mol. The lowest BCUT2D eigenvalue weighted by molar-refractivity contribution is -0.145. The fourth-order valence-corrected chi connectivity index (χ4v) is 4.91. The Hall–Kier alpha value is -3.25. The van der Waals surface area contributed by atoms with E-state index in [2.05, 4.69) is 48.6 Å². The van der Waals surface area contributed by atoms with Gasteiger partial charge in [0.05, 0.1) is 13.7 Å². The molecule has 1 aliphatic rings. The number of anilines is 1. The summed E-state index contributed by atoms with van der Waals surface area (Å²) in [5.74, 6) is 0.579. The maximum Gasteiger partial charge on any atom is 0.332 e. The number of methoxy groups -OCH3 is 1. The predicted octanol–water partition coefficient (Wildman–Crippen LogP) is 5.28. The fraction of sp³-hybridized carbons (Fsp3) is 0.286. The summed E-state index contributed by atoms with van der Waals surface area (Å²) in [5, 5.41) is 3.50. The van der Waals surface area contributed by atoms with Crippen LogP contribution in [-0.2, 0) is 33.6 Å². The fourth-order valence-electron chi connectivity index (χ4n) is 4.38. The molecule has 4 rings (SSSR count). The van der Waals surface area contributed by atoms with Crippen molar-refractivity contribution in [2.75, 3.05) is 25.3 Å². The number of hydrogen-bond acceptors (Lipinski definition) is 6. The Morgan fingerprint density at radius 3 is 2.35 bits per heavy atom. The molecule has 3 aromatic carbocycles. The van der Waals surface area contributed by atoms with E-state index in [0.29, 0.717) is 19.4 Å². The lowest BCUT2D eigenvalue weighted by atomic mass is 9.95. The minimum absolute atomic E-state index is 0.246. The zero-order chi connectivity index (χ0) is 24.6. The number of fused-ring (bicyclic) bond motifs is 1. The highest BCUT2D eigenvalue weighted by molar-refractivity contribution is 7.98. The smallest absolute Gasteiger partial charge is 0.332 e. The van der Waals surface area contributed by atoms with Gasteiger partial charge in [0.15, 0.2) is 0 Å². The largest absolute Gasteiger partial charge is 0.492 e.